The maximum atomic E-state index is 14.6. The predicted molar refractivity (Wildman–Crippen MR) is 259 cm³/mol. The van der Waals surface area contributed by atoms with E-state index in [1.165, 1.54) is 9.80 Å². The van der Waals surface area contributed by atoms with Gasteiger partial charge < -0.3 is 43.0 Å². The van der Waals surface area contributed by atoms with E-state index in [0.29, 0.717) is 77.0 Å². The highest BCUT2D eigenvalue weighted by Gasteiger charge is 2.39. The Morgan fingerprint density at radius 1 is 0.700 bits per heavy atom. The van der Waals surface area contributed by atoms with Gasteiger partial charge in [-0.25, -0.2) is 14.8 Å². The molecule has 0 fully saturated rings. The predicted octanol–water partition coefficient (Wildman–Crippen LogP) is 7.19. The summed E-state index contributed by atoms with van der Waals surface area (Å²) in [4.78, 5) is 78.7. The average molecular weight is 962 g/mol. The number of amides is 2. The zero-order chi connectivity index (χ0) is 50.2. The second-order valence-corrected chi connectivity index (χ2v) is 17.6. The minimum absolute atomic E-state index is 0.0538. The van der Waals surface area contributed by atoms with Gasteiger partial charge in [-0.2, -0.15) is 0 Å². The van der Waals surface area contributed by atoms with E-state index in [4.69, 9.17) is 43.2 Å². The summed E-state index contributed by atoms with van der Waals surface area (Å²) in [7, 11) is 1.63. The third-order valence-electron chi connectivity index (χ3n) is 12.0. The second kappa shape index (κ2) is 25.2. The van der Waals surface area contributed by atoms with Crippen molar-refractivity contribution in [3.8, 4) is 17.1 Å². The summed E-state index contributed by atoms with van der Waals surface area (Å²) in [5.41, 5.74) is 4.66. The molecule has 2 amide bonds. The van der Waals surface area contributed by atoms with Crippen LogP contribution in [0.3, 0.4) is 0 Å². The topological polar surface area (TPSA) is 202 Å². The smallest absolute Gasteiger partial charge is 0.416 e. The lowest BCUT2D eigenvalue weighted by molar-refractivity contribution is -0.138. The quantitative estimate of drug-likeness (QED) is 0.0409. The van der Waals surface area contributed by atoms with Gasteiger partial charge >= 0.3 is 12.1 Å². The van der Waals surface area contributed by atoms with Crippen LogP contribution < -0.4 is 4.74 Å². The molecule has 3 aromatic heterocycles. The van der Waals surface area contributed by atoms with Gasteiger partial charge in [0.25, 0.3) is 0 Å². The van der Waals surface area contributed by atoms with Crippen molar-refractivity contribution < 1.29 is 57.2 Å². The Balaban J connectivity index is 1.20. The molecule has 0 spiro atoms. The molecule has 17 heteroatoms. The van der Waals surface area contributed by atoms with Crippen molar-refractivity contribution in [3.05, 3.63) is 130 Å². The van der Waals surface area contributed by atoms with Crippen LogP contribution in [0.5, 0.6) is 5.88 Å². The molecule has 0 bridgehead atoms. The van der Waals surface area contributed by atoms with Crippen LogP contribution in [0.4, 0.5) is 4.79 Å². The molecule has 0 saturated heterocycles. The normalized spacial score (nSPS) is 13.1. The number of ether oxygens (including phenoxy) is 5. The lowest BCUT2D eigenvalue weighted by Crippen LogP contribution is -2.43. The summed E-state index contributed by atoms with van der Waals surface area (Å²) in [6, 6.07) is 23.2. The number of imidazole rings is 1. The van der Waals surface area contributed by atoms with E-state index < -0.39 is 17.5 Å². The Labute approximate surface area is 408 Å². The number of nitrogens with zero attached hydrogens (tertiary/aromatic N) is 5. The van der Waals surface area contributed by atoms with E-state index in [1.807, 2.05) is 72.9 Å². The highest BCUT2D eigenvalue weighted by molar-refractivity contribution is 6.25. The monoisotopic (exact) mass is 961 g/mol. The van der Waals surface area contributed by atoms with Crippen molar-refractivity contribution in [1.82, 2.24) is 24.2 Å². The lowest BCUT2D eigenvalue weighted by atomic mass is 9.71. The highest BCUT2D eigenvalue weighted by Crippen LogP contribution is 2.39. The number of hydrogen-bond donors (Lipinski definition) is 1. The summed E-state index contributed by atoms with van der Waals surface area (Å²) in [5, 5.41) is 8.71. The standard InChI is InChI=1S/C53H63N5O12/c1-36-37(2)49(63)47(38(3)48(36)62)53(4,5)34-45(59)56(6)20-21-57(22-25-66-27-29-68-31-30-67-28-26-65-24-19-46(60)61)52(64)70-51-43(33-41-18-13-23-69-41)55-50-42(32-39-14-9-7-10-15-39)54-44(35-58(50)51)40-16-11-8-12-17-40/h7-18,23,35H,19-22,24-34H2,1-6H3,(H,60,61). The SMILES string of the molecule is CC1=C(C)C(=O)C(C(C)(C)CC(=O)N(C)CCN(CCOCCOCCOCCOCCC(=O)O)C(=O)Oc2c(Cc3ccco3)nc3c(Cc4ccccc4)nc(-c4ccccc4)cn23)=C(C)C1=O. The van der Waals surface area contributed by atoms with Crippen molar-refractivity contribution >= 4 is 35.2 Å². The molecule has 0 radical (unpaired) electrons. The van der Waals surface area contributed by atoms with Crippen molar-refractivity contribution in [1.29, 1.82) is 0 Å². The summed E-state index contributed by atoms with van der Waals surface area (Å²) in [6.07, 6.45) is 3.22. The number of carbonyl (C=O) groups excluding carboxylic acids is 4. The van der Waals surface area contributed by atoms with Crippen molar-refractivity contribution in [3.63, 3.8) is 0 Å². The Hall–Kier alpha value is -6.79. The fourth-order valence-electron chi connectivity index (χ4n) is 8.03. The Bertz CT molecular complexity index is 2660. The Morgan fingerprint density at radius 3 is 1.94 bits per heavy atom. The molecule has 1 aliphatic rings. The third-order valence-corrected chi connectivity index (χ3v) is 12.0. The molecule has 1 N–H and O–H groups in total. The highest BCUT2D eigenvalue weighted by atomic mass is 16.6. The lowest BCUT2D eigenvalue weighted by Gasteiger charge is -2.33. The molecule has 2 aromatic carbocycles. The van der Waals surface area contributed by atoms with E-state index in [-0.39, 0.29) is 95.3 Å². The number of hydrogen-bond acceptors (Lipinski definition) is 13. The van der Waals surface area contributed by atoms with Crippen LogP contribution >= 0.6 is 0 Å². The van der Waals surface area contributed by atoms with Crippen LogP contribution in [0.1, 0.15) is 70.2 Å². The first-order chi connectivity index (χ1) is 33.6. The summed E-state index contributed by atoms with van der Waals surface area (Å²) in [6.45, 7) is 10.7. The van der Waals surface area contributed by atoms with Crippen LogP contribution in [0.25, 0.3) is 16.9 Å². The molecule has 0 atom stereocenters. The minimum Gasteiger partial charge on any atom is -0.481 e. The molecular weight excluding hydrogens is 899 g/mol. The number of rotatable bonds is 27. The number of fused-ring (bicyclic) bond motifs is 1. The fraction of sp³-hybridized carbons (Fsp3) is 0.415. The number of carboxylic acids is 1. The van der Waals surface area contributed by atoms with Crippen LogP contribution in [-0.4, -0.2) is 138 Å². The molecule has 372 valence electrons. The van der Waals surface area contributed by atoms with Crippen LogP contribution in [0, 0.1) is 5.41 Å². The zero-order valence-corrected chi connectivity index (χ0v) is 40.9. The van der Waals surface area contributed by atoms with Crippen molar-refractivity contribution in [2.75, 3.05) is 79.5 Å². The van der Waals surface area contributed by atoms with Gasteiger partial charge in [0, 0.05) is 79.0 Å². The minimum atomic E-state index is -0.956. The number of allylic oxidation sites excluding steroid dienone is 4. The molecule has 6 rings (SSSR count). The molecule has 70 heavy (non-hydrogen) atoms. The number of ketones is 2. The molecular formula is C53H63N5O12. The van der Waals surface area contributed by atoms with Gasteiger partial charge in [0.05, 0.1) is 83.3 Å². The third kappa shape index (κ3) is 14.2. The first-order valence-electron chi connectivity index (χ1n) is 23.4. The van der Waals surface area contributed by atoms with Gasteiger partial charge in [0.15, 0.2) is 17.2 Å². The van der Waals surface area contributed by atoms with Crippen molar-refractivity contribution in [2.24, 2.45) is 5.41 Å². The zero-order valence-electron chi connectivity index (χ0n) is 40.9. The van der Waals surface area contributed by atoms with Gasteiger partial charge in [0.1, 0.15) is 11.5 Å². The summed E-state index contributed by atoms with van der Waals surface area (Å²) < 4.78 is 36.1. The molecule has 0 unspecified atom stereocenters. The van der Waals surface area contributed by atoms with Crippen LogP contribution in [0.2, 0.25) is 0 Å². The first-order valence-corrected chi connectivity index (χ1v) is 23.4. The van der Waals surface area contributed by atoms with Gasteiger partial charge in [-0.3, -0.25) is 23.6 Å². The molecule has 3 heterocycles. The molecule has 1 aliphatic carbocycles. The van der Waals surface area contributed by atoms with Gasteiger partial charge in [-0.1, -0.05) is 74.5 Å². The maximum absolute atomic E-state index is 14.6. The van der Waals surface area contributed by atoms with Gasteiger partial charge in [-0.05, 0) is 38.5 Å². The van der Waals surface area contributed by atoms with Crippen LogP contribution in [-0.2, 0) is 51.0 Å². The van der Waals surface area contributed by atoms with Gasteiger partial charge in [0.2, 0.25) is 11.8 Å². The van der Waals surface area contributed by atoms with Crippen LogP contribution in [0.15, 0.2) is 112 Å². The van der Waals surface area contributed by atoms with E-state index in [9.17, 15) is 24.0 Å². The van der Waals surface area contributed by atoms with E-state index in [0.717, 1.165) is 11.1 Å². The first kappa shape index (κ1) is 52.6. The Kier molecular flexibility index (Phi) is 18.9. The number of Topliss-reactive ketones (excluding diaryl/α,β-unsaturated/α-hetero) is 2. The average Bonchev–Trinajstić information content (AvgIpc) is 3.99. The molecule has 0 saturated carbocycles. The largest absolute Gasteiger partial charge is 0.481 e. The van der Waals surface area contributed by atoms with E-state index in [1.54, 1.807) is 58.4 Å². The second-order valence-electron chi connectivity index (χ2n) is 17.6. The molecule has 17 nitrogen and oxygen atoms in total. The maximum Gasteiger partial charge on any atom is 0.416 e. The van der Waals surface area contributed by atoms with Crippen molar-refractivity contribution in [2.45, 2.75) is 60.3 Å². The number of aromatic nitrogens is 3. The number of carboxylic acid groups (broad SMARTS) is 1. The molecule has 0 aliphatic heterocycles. The van der Waals surface area contributed by atoms with E-state index >= 15 is 0 Å². The molecule has 5 aromatic rings. The number of furan rings is 1. The number of carbonyl (C=O) groups is 5. The fourth-order valence-corrected chi connectivity index (χ4v) is 8.03. The Morgan fingerprint density at radius 2 is 1.31 bits per heavy atom. The number of aliphatic carboxylic acids is 1. The van der Waals surface area contributed by atoms with E-state index in [2.05, 4.69) is 0 Å². The number of likely N-dealkylation sites (N-methyl/N-ethyl adjacent to an activating group) is 1. The number of benzene rings is 2. The van der Waals surface area contributed by atoms with Gasteiger partial charge in [-0.15, -0.1) is 0 Å². The summed E-state index contributed by atoms with van der Waals surface area (Å²) in [5.74, 6) is -0.853. The summed E-state index contributed by atoms with van der Waals surface area (Å²) >= 11 is 0.